The number of rotatable bonds is 4. The number of halogens is 2. The number of anilines is 1. The molecule has 0 aliphatic carbocycles. The van der Waals surface area contributed by atoms with Crippen LogP contribution in [0.1, 0.15) is 16.8 Å². The van der Waals surface area contributed by atoms with Gasteiger partial charge in [0.1, 0.15) is 17.1 Å². The zero-order valence-electron chi connectivity index (χ0n) is 14.5. The Balaban J connectivity index is 1.45. The highest BCUT2D eigenvalue weighted by Gasteiger charge is 2.29. The van der Waals surface area contributed by atoms with E-state index in [1.165, 1.54) is 25.3 Å². The summed E-state index contributed by atoms with van der Waals surface area (Å²) in [6, 6.07) is 9.56. The van der Waals surface area contributed by atoms with Crippen LogP contribution in [0.4, 0.5) is 10.4 Å². The largest absolute Gasteiger partial charge is 0.496 e. The van der Waals surface area contributed by atoms with Crippen molar-refractivity contribution in [1.82, 2.24) is 9.88 Å². The Labute approximate surface area is 159 Å². The van der Waals surface area contributed by atoms with E-state index in [0.29, 0.717) is 40.8 Å². The number of nitrogens with zero attached hydrogens (tertiary/aromatic N) is 2. The first-order chi connectivity index (χ1) is 13.0. The number of carbonyl (C=O) groups is 1. The summed E-state index contributed by atoms with van der Waals surface area (Å²) in [4.78, 5) is 18.8. The molecule has 1 N–H and O–H groups in total. The molecule has 140 valence electrons. The minimum absolute atomic E-state index is 0.00364. The van der Waals surface area contributed by atoms with E-state index < -0.39 is 5.82 Å². The van der Waals surface area contributed by atoms with Gasteiger partial charge in [0.25, 0.3) is 11.9 Å². The van der Waals surface area contributed by atoms with Gasteiger partial charge in [-0.2, -0.15) is 4.98 Å². The van der Waals surface area contributed by atoms with Crippen LogP contribution in [-0.4, -0.2) is 42.0 Å². The molecule has 1 fully saturated rings. The number of likely N-dealkylation sites (tertiary alicyclic amines) is 1. The number of carbonyl (C=O) groups excluding carboxylic acids is 1. The molecule has 4 rings (SSSR count). The zero-order chi connectivity index (χ0) is 19.0. The number of hydrogen-bond donors (Lipinski definition) is 1. The molecule has 1 atom stereocenters. The molecular weight excluding hydrogens is 373 g/mol. The third-order valence-corrected chi connectivity index (χ3v) is 4.78. The average Bonchev–Trinajstić information content (AvgIpc) is 3.27. The zero-order valence-corrected chi connectivity index (χ0v) is 15.3. The molecule has 0 radical (unpaired) electrons. The van der Waals surface area contributed by atoms with Gasteiger partial charge in [-0.15, -0.1) is 0 Å². The lowest BCUT2D eigenvalue weighted by Gasteiger charge is -2.18. The predicted octanol–water partition coefficient (Wildman–Crippen LogP) is 3.96. The quantitative estimate of drug-likeness (QED) is 0.731. The molecule has 0 saturated carbocycles. The third-order valence-electron chi connectivity index (χ3n) is 4.55. The molecule has 0 bridgehead atoms. The van der Waals surface area contributed by atoms with Gasteiger partial charge in [0.15, 0.2) is 5.58 Å². The molecule has 0 unspecified atom stereocenters. The van der Waals surface area contributed by atoms with Gasteiger partial charge in [-0.3, -0.25) is 4.79 Å². The van der Waals surface area contributed by atoms with Gasteiger partial charge in [-0.05, 0) is 30.7 Å². The smallest absolute Gasteiger partial charge is 0.295 e. The summed E-state index contributed by atoms with van der Waals surface area (Å²) in [5.41, 5.74) is 1.66. The minimum atomic E-state index is -0.444. The maximum absolute atomic E-state index is 13.4. The number of amides is 1. The van der Waals surface area contributed by atoms with Crippen LogP contribution in [0.15, 0.2) is 40.8 Å². The van der Waals surface area contributed by atoms with Crippen LogP contribution in [0.2, 0.25) is 5.02 Å². The van der Waals surface area contributed by atoms with E-state index in [9.17, 15) is 9.18 Å². The number of benzene rings is 2. The monoisotopic (exact) mass is 389 g/mol. The lowest BCUT2D eigenvalue weighted by atomic mass is 10.1. The maximum atomic E-state index is 13.4. The lowest BCUT2D eigenvalue weighted by molar-refractivity contribution is 0.0788. The number of ether oxygens (including phenoxy) is 1. The van der Waals surface area contributed by atoms with Crippen molar-refractivity contribution in [2.75, 3.05) is 25.5 Å². The number of methoxy groups -OCH3 is 1. The van der Waals surface area contributed by atoms with Crippen molar-refractivity contribution in [3.63, 3.8) is 0 Å². The first kappa shape index (κ1) is 17.6. The number of aromatic nitrogens is 1. The Bertz CT molecular complexity index is 1010. The molecule has 27 heavy (non-hydrogen) atoms. The first-order valence-electron chi connectivity index (χ1n) is 8.49. The van der Waals surface area contributed by atoms with E-state index in [4.69, 9.17) is 20.8 Å². The second-order valence-corrected chi connectivity index (χ2v) is 6.79. The number of hydrogen-bond acceptors (Lipinski definition) is 5. The van der Waals surface area contributed by atoms with Gasteiger partial charge in [0, 0.05) is 36.3 Å². The fourth-order valence-corrected chi connectivity index (χ4v) is 3.37. The summed E-state index contributed by atoms with van der Waals surface area (Å²) < 4.78 is 24.2. The normalized spacial score (nSPS) is 16.7. The molecule has 1 amide bonds. The minimum Gasteiger partial charge on any atom is -0.496 e. The molecule has 0 spiro atoms. The van der Waals surface area contributed by atoms with Crippen LogP contribution in [-0.2, 0) is 0 Å². The lowest BCUT2D eigenvalue weighted by Crippen LogP contribution is -2.31. The second kappa shape index (κ2) is 7.08. The van der Waals surface area contributed by atoms with Crippen molar-refractivity contribution in [2.24, 2.45) is 0 Å². The van der Waals surface area contributed by atoms with Crippen LogP contribution in [0, 0.1) is 5.82 Å². The van der Waals surface area contributed by atoms with Crippen molar-refractivity contribution >= 4 is 34.6 Å². The van der Waals surface area contributed by atoms with Gasteiger partial charge in [0.2, 0.25) is 0 Å². The van der Waals surface area contributed by atoms with Crippen LogP contribution >= 0.6 is 11.6 Å². The van der Waals surface area contributed by atoms with E-state index >= 15 is 0 Å². The summed E-state index contributed by atoms with van der Waals surface area (Å²) >= 11 is 5.96. The highest BCUT2D eigenvalue weighted by atomic mass is 35.5. The Hall–Kier alpha value is -2.80. The second-order valence-electron chi connectivity index (χ2n) is 6.36. The van der Waals surface area contributed by atoms with Gasteiger partial charge in [0.05, 0.1) is 12.7 Å². The highest BCUT2D eigenvalue weighted by Crippen LogP contribution is 2.26. The van der Waals surface area contributed by atoms with E-state index in [2.05, 4.69) is 10.3 Å². The summed E-state index contributed by atoms with van der Waals surface area (Å²) in [7, 11) is 1.42. The SMILES string of the molecule is COc1cc(F)ccc1C(=O)N1CC[C@@H](Nc2nc3ccc(Cl)cc3o2)C1. The summed E-state index contributed by atoms with van der Waals surface area (Å²) in [5, 5.41) is 3.80. The Kier molecular flexibility index (Phi) is 4.61. The van der Waals surface area contributed by atoms with Crippen molar-refractivity contribution in [3.05, 3.63) is 52.8 Å². The van der Waals surface area contributed by atoms with Gasteiger partial charge in [-0.25, -0.2) is 4.39 Å². The molecule has 3 aromatic rings. The molecule has 1 aromatic heterocycles. The number of nitrogens with one attached hydrogen (secondary N) is 1. The molecule has 6 nitrogen and oxygen atoms in total. The maximum Gasteiger partial charge on any atom is 0.295 e. The molecular formula is C19H17ClFN3O3. The van der Waals surface area contributed by atoms with Gasteiger partial charge in [-0.1, -0.05) is 11.6 Å². The molecule has 2 heterocycles. The molecule has 2 aromatic carbocycles. The van der Waals surface area contributed by atoms with Crippen LogP contribution in [0.5, 0.6) is 5.75 Å². The van der Waals surface area contributed by atoms with E-state index in [1.54, 1.807) is 23.1 Å². The predicted molar refractivity (Wildman–Crippen MR) is 99.9 cm³/mol. The highest BCUT2D eigenvalue weighted by molar-refractivity contribution is 6.31. The van der Waals surface area contributed by atoms with Crippen molar-refractivity contribution in [2.45, 2.75) is 12.5 Å². The van der Waals surface area contributed by atoms with Crippen LogP contribution < -0.4 is 10.1 Å². The van der Waals surface area contributed by atoms with Crippen molar-refractivity contribution in [3.8, 4) is 5.75 Å². The molecule has 1 aliphatic rings. The average molecular weight is 390 g/mol. The molecule has 1 aliphatic heterocycles. The fraction of sp³-hybridized carbons (Fsp3) is 0.263. The molecule has 8 heteroatoms. The first-order valence-corrected chi connectivity index (χ1v) is 8.87. The number of fused-ring (bicyclic) bond motifs is 1. The third kappa shape index (κ3) is 3.55. The van der Waals surface area contributed by atoms with Crippen molar-refractivity contribution < 1.29 is 18.3 Å². The standard InChI is InChI=1S/C19H17ClFN3O3/c1-26-16-9-12(21)3-4-14(16)18(25)24-7-6-13(10-24)22-19-23-15-5-2-11(20)8-17(15)27-19/h2-5,8-9,13H,6-7,10H2,1H3,(H,22,23)/t13-/m1/s1. The Morgan fingerprint density at radius 2 is 2.22 bits per heavy atom. The van der Waals surface area contributed by atoms with Crippen molar-refractivity contribution in [1.29, 1.82) is 0 Å². The fourth-order valence-electron chi connectivity index (χ4n) is 3.21. The van der Waals surface area contributed by atoms with Crippen LogP contribution in [0.3, 0.4) is 0 Å². The summed E-state index contributed by atoms with van der Waals surface area (Å²) in [6.07, 6.45) is 0.745. The van der Waals surface area contributed by atoms with Gasteiger partial charge < -0.3 is 19.4 Å². The Morgan fingerprint density at radius 3 is 3.04 bits per heavy atom. The topological polar surface area (TPSA) is 67.6 Å². The van der Waals surface area contributed by atoms with E-state index in [1.807, 2.05) is 0 Å². The summed E-state index contributed by atoms with van der Waals surface area (Å²) in [5.74, 6) is -0.409. The van der Waals surface area contributed by atoms with Gasteiger partial charge >= 0.3 is 0 Å². The van der Waals surface area contributed by atoms with E-state index in [0.717, 1.165) is 6.42 Å². The van der Waals surface area contributed by atoms with Crippen LogP contribution in [0.25, 0.3) is 11.1 Å². The Morgan fingerprint density at radius 1 is 1.37 bits per heavy atom. The van der Waals surface area contributed by atoms with E-state index in [-0.39, 0.29) is 17.7 Å². The summed E-state index contributed by atoms with van der Waals surface area (Å²) in [6.45, 7) is 1.06. The molecule has 1 saturated heterocycles. The number of oxazole rings is 1.